The lowest BCUT2D eigenvalue weighted by molar-refractivity contribution is -0.134. The zero-order chi connectivity index (χ0) is 15.2. The van der Waals surface area contributed by atoms with Gasteiger partial charge in [-0.1, -0.05) is 0 Å². The second-order valence-electron chi connectivity index (χ2n) is 5.53. The van der Waals surface area contributed by atoms with Crippen LogP contribution in [0.4, 0.5) is 0 Å². The van der Waals surface area contributed by atoms with Crippen molar-refractivity contribution in [3.63, 3.8) is 0 Å². The predicted octanol–water partition coefficient (Wildman–Crippen LogP) is 1.28. The SMILES string of the molecule is CNCC1CCN(C(=O)C(C)NC(=O)c2ccoc2)CC1.Cl. The van der Waals surface area contributed by atoms with Gasteiger partial charge in [-0.05, 0) is 45.3 Å². The van der Waals surface area contributed by atoms with E-state index in [0.717, 1.165) is 32.5 Å². The second kappa shape index (κ2) is 8.80. The number of piperidine rings is 1. The minimum absolute atomic E-state index is 0. The summed E-state index contributed by atoms with van der Waals surface area (Å²) in [6.45, 7) is 4.24. The van der Waals surface area contributed by atoms with Gasteiger partial charge in [0.15, 0.2) is 0 Å². The number of likely N-dealkylation sites (tertiary alicyclic amines) is 1. The van der Waals surface area contributed by atoms with E-state index in [4.69, 9.17) is 4.42 Å². The fraction of sp³-hybridized carbons (Fsp3) is 0.600. The first-order valence-corrected chi connectivity index (χ1v) is 7.38. The molecule has 0 aromatic carbocycles. The molecule has 7 heteroatoms. The van der Waals surface area contributed by atoms with Crippen LogP contribution in [-0.4, -0.2) is 49.4 Å². The molecule has 1 unspecified atom stereocenters. The van der Waals surface area contributed by atoms with Gasteiger partial charge in [0.1, 0.15) is 12.3 Å². The van der Waals surface area contributed by atoms with E-state index in [1.54, 1.807) is 13.0 Å². The van der Waals surface area contributed by atoms with Crippen molar-refractivity contribution in [2.24, 2.45) is 5.92 Å². The molecular formula is C15H24ClN3O3. The largest absolute Gasteiger partial charge is 0.472 e. The summed E-state index contributed by atoms with van der Waals surface area (Å²) in [7, 11) is 1.95. The monoisotopic (exact) mass is 329 g/mol. The topological polar surface area (TPSA) is 74.6 Å². The van der Waals surface area contributed by atoms with Crippen molar-refractivity contribution >= 4 is 24.2 Å². The summed E-state index contributed by atoms with van der Waals surface area (Å²) in [6.07, 6.45) is 4.83. The number of amides is 2. The van der Waals surface area contributed by atoms with Gasteiger partial charge >= 0.3 is 0 Å². The van der Waals surface area contributed by atoms with Crippen LogP contribution in [0.15, 0.2) is 23.0 Å². The molecule has 1 aliphatic rings. The fourth-order valence-corrected chi connectivity index (χ4v) is 2.66. The highest BCUT2D eigenvalue weighted by atomic mass is 35.5. The summed E-state index contributed by atoms with van der Waals surface area (Å²) in [5.41, 5.74) is 0.433. The van der Waals surface area contributed by atoms with Crippen LogP contribution in [-0.2, 0) is 4.79 Å². The maximum absolute atomic E-state index is 12.3. The number of hydrogen-bond donors (Lipinski definition) is 2. The Hall–Kier alpha value is -1.53. The molecule has 0 aliphatic carbocycles. The lowest BCUT2D eigenvalue weighted by Crippen LogP contribution is -2.49. The van der Waals surface area contributed by atoms with Crippen LogP contribution in [0.5, 0.6) is 0 Å². The molecule has 1 aliphatic heterocycles. The number of nitrogens with zero attached hydrogens (tertiary/aromatic N) is 1. The van der Waals surface area contributed by atoms with Crippen LogP contribution in [0.2, 0.25) is 0 Å². The Labute approximate surface area is 137 Å². The van der Waals surface area contributed by atoms with Crippen LogP contribution < -0.4 is 10.6 Å². The smallest absolute Gasteiger partial charge is 0.255 e. The van der Waals surface area contributed by atoms with Crippen molar-refractivity contribution in [3.05, 3.63) is 24.2 Å². The van der Waals surface area contributed by atoms with Gasteiger partial charge in [-0.15, -0.1) is 12.4 Å². The minimum Gasteiger partial charge on any atom is -0.472 e. The minimum atomic E-state index is -0.520. The van der Waals surface area contributed by atoms with Crippen LogP contribution >= 0.6 is 12.4 Å². The number of furan rings is 1. The maximum Gasteiger partial charge on any atom is 0.255 e. The van der Waals surface area contributed by atoms with E-state index in [1.165, 1.54) is 12.5 Å². The van der Waals surface area contributed by atoms with E-state index in [-0.39, 0.29) is 24.2 Å². The van der Waals surface area contributed by atoms with Crippen molar-refractivity contribution in [1.29, 1.82) is 0 Å². The number of nitrogens with one attached hydrogen (secondary N) is 2. The predicted molar refractivity (Wildman–Crippen MR) is 86.1 cm³/mol. The van der Waals surface area contributed by atoms with Crippen molar-refractivity contribution in [3.8, 4) is 0 Å². The molecule has 6 nitrogen and oxygen atoms in total. The van der Waals surface area contributed by atoms with Crippen molar-refractivity contribution < 1.29 is 14.0 Å². The van der Waals surface area contributed by atoms with Gasteiger partial charge in [0.2, 0.25) is 5.91 Å². The molecule has 0 bridgehead atoms. The van der Waals surface area contributed by atoms with Gasteiger partial charge in [-0.2, -0.15) is 0 Å². The Morgan fingerprint density at radius 2 is 2.09 bits per heavy atom. The van der Waals surface area contributed by atoms with Crippen molar-refractivity contribution in [2.75, 3.05) is 26.7 Å². The molecule has 2 heterocycles. The van der Waals surface area contributed by atoms with Gasteiger partial charge in [0.25, 0.3) is 5.91 Å². The molecule has 0 spiro atoms. The highest BCUT2D eigenvalue weighted by Gasteiger charge is 2.26. The van der Waals surface area contributed by atoms with Gasteiger partial charge in [-0.25, -0.2) is 0 Å². The molecule has 1 aromatic heterocycles. The lowest BCUT2D eigenvalue weighted by atomic mass is 9.96. The van der Waals surface area contributed by atoms with E-state index in [0.29, 0.717) is 11.5 Å². The Morgan fingerprint density at radius 1 is 1.41 bits per heavy atom. The maximum atomic E-state index is 12.3. The van der Waals surface area contributed by atoms with Crippen molar-refractivity contribution in [2.45, 2.75) is 25.8 Å². The average Bonchev–Trinajstić information content (AvgIpc) is 3.02. The van der Waals surface area contributed by atoms with Gasteiger partial charge in [-0.3, -0.25) is 9.59 Å². The van der Waals surface area contributed by atoms with E-state index in [2.05, 4.69) is 10.6 Å². The normalized spacial score (nSPS) is 16.7. The summed E-state index contributed by atoms with van der Waals surface area (Å²) in [5, 5.41) is 5.89. The molecular weight excluding hydrogens is 306 g/mol. The molecule has 1 atom stereocenters. The Kier molecular flexibility index (Phi) is 7.41. The Balaban J connectivity index is 0.00000242. The average molecular weight is 330 g/mol. The van der Waals surface area contributed by atoms with Gasteiger partial charge < -0.3 is 20.0 Å². The zero-order valence-corrected chi connectivity index (χ0v) is 13.8. The first-order valence-electron chi connectivity index (χ1n) is 7.38. The molecule has 124 valence electrons. The Bertz CT molecular complexity index is 470. The summed E-state index contributed by atoms with van der Waals surface area (Å²) < 4.78 is 4.87. The first-order chi connectivity index (χ1) is 10.1. The van der Waals surface area contributed by atoms with Crippen molar-refractivity contribution in [1.82, 2.24) is 15.5 Å². The molecule has 1 aromatic rings. The first kappa shape index (κ1) is 18.5. The second-order valence-corrected chi connectivity index (χ2v) is 5.53. The van der Waals surface area contributed by atoms with E-state index in [1.807, 2.05) is 11.9 Å². The number of hydrogen-bond acceptors (Lipinski definition) is 4. The van der Waals surface area contributed by atoms with Gasteiger partial charge in [0, 0.05) is 13.1 Å². The van der Waals surface area contributed by atoms with Gasteiger partial charge in [0.05, 0.1) is 11.8 Å². The number of halogens is 1. The fourth-order valence-electron chi connectivity index (χ4n) is 2.66. The molecule has 0 radical (unpaired) electrons. The van der Waals surface area contributed by atoms with Crippen LogP contribution in [0.3, 0.4) is 0 Å². The molecule has 1 saturated heterocycles. The number of rotatable bonds is 5. The number of carbonyl (C=O) groups is 2. The third-order valence-corrected chi connectivity index (χ3v) is 3.92. The standard InChI is InChI=1S/C15H23N3O3.ClH/c1-11(17-14(19)13-5-8-21-10-13)15(20)18-6-3-12(4-7-18)9-16-2;/h5,8,10-12,16H,3-4,6-7,9H2,1-2H3,(H,17,19);1H. The van der Waals surface area contributed by atoms with E-state index < -0.39 is 6.04 Å². The summed E-state index contributed by atoms with van der Waals surface area (Å²) >= 11 is 0. The van der Waals surface area contributed by atoms with Crippen LogP contribution in [0, 0.1) is 5.92 Å². The molecule has 2 amide bonds. The highest BCUT2D eigenvalue weighted by molar-refractivity contribution is 5.97. The highest BCUT2D eigenvalue weighted by Crippen LogP contribution is 2.17. The molecule has 1 fully saturated rings. The van der Waals surface area contributed by atoms with E-state index >= 15 is 0 Å². The molecule has 0 saturated carbocycles. The quantitative estimate of drug-likeness (QED) is 0.853. The van der Waals surface area contributed by atoms with Crippen LogP contribution in [0.25, 0.3) is 0 Å². The summed E-state index contributed by atoms with van der Waals surface area (Å²) in [4.78, 5) is 26.1. The zero-order valence-electron chi connectivity index (χ0n) is 13.0. The lowest BCUT2D eigenvalue weighted by Gasteiger charge is -2.33. The molecule has 2 N–H and O–H groups in total. The van der Waals surface area contributed by atoms with E-state index in [9.17, 15) is 9.59 Å². The summed E-state index contributed by atoms with van der Waals surface area (Å²) in [5.74, 6) is 0.333. The third kappa shape index (κ3) is 4.74. The number of carbonyl (C=O) groups excluding carboxylic acids is 2. The van der Waals surface area contributed by atoms with Crippen LogP contribution in [0.1, 0.15) is 30.1 Å². The molecule has 22 heavy (non-hydrogen) atoms. The third-order valence-electron chi connectivity index (χ3n) is 3.92. The Morgan fingerprint density at radius 3 is 2.64 bits per heavy atom. The molecule has 2 rings (SSSR count). The summed E-state index contributed by atoms with van der Waals surface area (Å²) in [6, 6.07) is 1.06.